The molecule has 0 saturated carbocycles. The highest BCUT2D eigenvalue weighted by Gasteiger charge is 2.23. The van der Waals surface area contributed by atoms with Gasteiger partial charge in [0.05, 0.1) is 12.9 Å². The normalized spacial score (nSPS) is 19.5. The van der Waals surface area contributed by atoms with Gasteiger partial charge in [-0.15, -0.1) is 5.10 Å². The summed E-state index contributed by atoms with van der Waals surface area (Å²) in [5, 5.41) is 4.73. The quantitative estimate of drug-likeness (QED) is 0.627. The summed E-state index contributed by atoms with van der Waals surface area (Å²) in [5.74, 6) is 1.72. The summed E-state index contributed by atoms with van der Waals surface area (Å²) >= 11 is 5.69. The van der Waals surface area contributed by atoms with E-state index in [-0.39, 0.29) is 12.3 Å². The largest absolute Gasteiger partial charge is 0.461 e. The molecule has 9 heteroatoms. The highest BCUT2D eigenvalue weighted by Crippen LogP contribution is 2.23. The Morgan fingerprint density at radius 2 is 1.87 bits per heavy atom. The zero-order valence-electron chi connectivity index (χ0n) is 18.2. The number of hydrogen-bond donors (Lipinski definition) is 1. The Kier molecular flexibility index (Phi) is 7.58. The summed E-state index contributed by atoms with van der Waals surface area (Å²) in [7, 11) is 0. The molecule has 170 valence electrons. The number of amides is 1. The molecule has 0 bridgehead atoms. The van der Waals surface area contributed by atoms with Crippen LogP contribution in [0.1, 0.15) is 44.9 Å². The number of nitrogens with zero attached hydrogens (tertiary/aromatic N) is 5. The minimum Gasteiger partial charge on any atom is -0.461 e. The highest BCUT2D eigenvalue weighted by molar-refractivity contribution is 7.71. The first-order valence-corrected chi connectivity index (χ1v) is 12.0. The van der Waals surface area contributed by atoms with Crippen LogP contribution in [0.15, 0.2) is 22.8 Å². The summed E-state index contributed by atoms with van der Waals surface area (Å²) in [6.45, 7) is 6.97. The maximum atomic E-state index is 11.3. The molecule has 2 fully saturated rings. The first-order chi connectivity index (χ1) is 15.1. The van der Waals surface area contributed by atoms with Crippen molar-refractivity contribution in [1.82, 2.24) is 24.1 Å². The maximum Gasteiger partial charge on any atom is 0.219 e. The van der Waals surface area contributed by atoms with E-state index in [0.29, 0.717) is 29.6 Å². The van der Waals surface area contributed by atoms with Gasteiger partial charge < -0.3 is 15.1 Å². The molecule has 2 aromatic rings. The average Bonchev–Trinajstić information content (AvgIpc) is 3.30. The maximum absolute atomic E-state index is 11.3. The molecule has 4 heterocycles. The SMILES string of the molecule is NC(=O)CCn1c(-c2ccco2)nn(CN2CCC(CN3CCCCCC3)CC2)c1=S. The first kappa shape index (κ1) is 22.2. The topological polar surface area (TPSA) is 85.5 Å². The van der Waals surface area contributed by atoms with E-state index in [2.05, 4.69) is 9.80 Å². The van der Waals surface area contributed by atoms with Crippen LogP contribution in [0.4, 0.5) is 0 Å². The second kappa shape index (κ2) is 10.6. The molecule has 2 N–H and O–H groups in total. The number of carbonyl (C=O) groups excluding carboxylic acids is 1. The number of piperidine rings is 1. The molecule has 31 heavy (non-hydrogen) atoms. The summed E-state index contributed by atoms with van der Waals surface area (Å²) in [5.41, 5.74) is 5.36. The van der Waals surface area contributed by atoms with Gasteiger partial charge in [-0.05, 0) is 69.0 Å². The fraction of sp³-hybridized carbons (Fsp3) is 0.682. The fourth-order valence-electron chi connectivity index (χ4n) is 4.73. The summed E-state index contributed by atoms with van der Waals surface area (Å²) < 4.78 is 9.84. The lowest BCUT2D eigenvalue weighted by Gasteiger charge is -2.34. The molecule has 2 aromatic heterocycles. The van der Waals surface area contributed by atoms with Crippen LogP contribution >= 0.6 is 12.2 Å². The lowest BCUT2D eigenvalue weighted by molar-refractivity contribution is -0.118. The van der Waals surface area contributed by atoms with Crippen LogP contribution in [0.25, 0.3) is 11.6 Å². The van der Waals surface area contributed by atoms with Gasteiger partial charge in [0.25, 0.3) is 0 Å². The van der Waals surface area contributed by atoms with Crippen molar-refractivity contribution in [2.24, 2.45) is 11.7 Å². The Hall–Kier alpha value is -1.97. The van der Waals surface area contributed by atoms with Crippen molar-refractivity contribution in [1.29, 1.82) is 0 Å². The van der Waals surface area contributed by atoms with Crippen LogP contribution in [-0.2, 0) is 18.0 Å². The van der Waals surface area contributed by atoms with Gasteiger partial charge in [0.15, 0.2) is 16.4 Å². The number of aromatic nitrogens is 3. The fourth-order valence-corrected chi connectivity index (χ4v) is 5.00. The third-order valence-corrected chi connectivity index (χ3v) is 6.93. The Labute approximate surface area is 189 Å². The molecule has 0 radical (unpaired) electrons. The average molecular weight is 447 g/mol. The van der Waals surface area contributed by atoms with Gasteiger partial charge in [-0.3, -0.25) is 14.3 Å². The highest BCUT2D eigenvalue weighted by atomic mass is 32.1. The summed E-state index contributed by atoms with van der Waals surface area (Å²) in [6, 6.07) is 3.68. The smallest absolute Gasteiger partial charge is 0.219 e. The molecule has 8 nitrogen and oxygen atoms in total. The molecule has 2 aliphatic heterocycles. The van der Waals surface area contributed by atoms with Gasteiger partial charge in [-0.25, -0.2) is 4.68 Å². The van der Waals surface area contributed by atoms with Crippen LogP contribution in [0, 0.1) is 10.7 Å². The summed E-state index contributed by atoms with van der Waals surface area (Å²) in [6.07, 6.45) is 9.76. The number of likely N-dealkylation sites (tertiary alicyclic amines) is 2. The van der Waals surface area contributed by atoms with E-state index < -0.39 is 0 Å². The van der Waals surface area contributed by atoms with Crippen molar-refractivity contribution in [3.8, 4) is 11.6 Å². The van der Waals surface area contributed by atoms with Crippen molar-refractivity contribution >= 4 is 18.1 Å². The third-order valence-electron chi connectivity index (χ3n) is 6.50. The minimum atomic E-state index is -0.355. The molecular formula is C22H34N6O2S. The van der Waals surface area contributed by atoms with Gasteiger partial charge in [0.2, 0.25) is 5.91 Å². The second-order valence-electron chi connectivity index (χ2n) is 8.87. The molecule has 0 unspecified atom stereocenters. The second-order valence-corrected chi connectivity index (χ2v) is 9.23. The number of nitrogens with two attached hydrogens (primary N) is 1. The lowest BCUT2D eigenvalue weighted by atomic mass is 9.96. The van der Waals surface area contributed by atoms with Crippen molar-refractivity contribution in [2.75, 3.05) is 32.7 Å². The molecule has 2 aliphatic rings. The Morgan fingerprint density at radius 3 is 2.52 bits per heavy atom. The standard InChI is InChI=1S/C22H34N6O2S/c23-20(29)9-14-27-21(19-6-5-15-30-19)24-28(22(27)31)17-26-12-7-18(8-13-26)16-25-10-3-1-2-4-11-25/h5-6,15,18H,1-4,7-14,16-17H2,(H2,23,29). The van der Waals surface area contributed by atoms with E-state index in [4.69, 9.17) is 27.5 Å². The molecule has 1 amide bonds. The Bertz CT molecular complexity index is 890. The van der Waals surface area contributed by atoms with Gasteiger partial charge in [0.1, 0.15) is 0 Å². The van der Waals surface area contributed by atoms with Crippen molar-refractivity contribution in [3.63, 3.8) is 0 Å². The number of rotatable bonds is 8. The molecule has 0 aromatic carbocycles. The van der Waals surface area contributed by atoms with Crippen LogP contribution in [0.3, 0.4) is 0 Å². The third kappa shape index (κ3) is 5.84. The zero-order chi connectivity index (χ0) is 21.6. The van der Waals surface area contributed by atoms with Crippen LogP contribution in [0.2, 0.25) is 0 Å². The number of primary amides is 1. The molecule has 4 rings (SSSR count). The van der Waals surface area contributed by atoms with E-state index in [0.717, 1.165) is 19.0 Å². The molecule has 0 aliphatic carbocycles. The van der Waals surface area contributed by atoms with E-state index in [1.165, 1.54) is 58.2 Å². The predicted octanol–water partition coefficient (Wildman–Crippen LogP) is 3.09. The monoisotopic (exact) mass is 446 g/mol. The summed E-state index contributed by atoms with van der Waals surface area (Å²) in [4.78, 5) is 16.4. The van der Waals surface area contributed by atoms with Gasteiger partial charge in [-0.2, -0.15) is 0 Å². The van der Waals surface area contributed by atoms with Crippen LogP contribution in [-0.4, -0.2) is 62.8 Å². The van der Waals surface area contributed by atoms with Crippen molar-refractivity contribution in [3.05, 3.63) is 23.2 Å². The van der Waals surface area contributed by atoms with Crippen LogP contribution < -0.4 is 5.73 Å². The number of hydrogen-bond acceptors (Lipinski definition) is 6. The Balaban J connectivity index is 1.37. The molecule has 0 spiro atoms. The van der Waals surface area contributed by atoms with E-state index in [9.17, 15) is 4.79 Å². The van der Waals surface area contributed by atoms with E-state index in [1.54, 1.807) is 6.26 Å². The van der Waals surface area contributed by atoms with Crippen molar-refractivity contribution < 1.29 is 9.21 Å². The van der Waals surface area contributed by atoms with Gasteiger partial charge >= 0.3 is 0 Å². The molecular weight excluding hydrogens is 412 g/mol. The van der Waals surface area contributed by atoms with Crippen molar-refractivity contribution in [2.45, 2.75) is 58.2 Å². The van der Waals surface area contributed by atoms with E-state index in [1.807, 2.05) is 21.4 Å². The molecule has 0 atom stereocenters. The number of furan rings is 1. The zero-order valence-corrected chi connectivity index (χ0v) is 19.1. The van der Waals surface area contributed by atoms with Crippen LogP contribution in [0.5, 0.6) is 0 Å². The van der Waals surface area contributed by atoms with Gasteiger partial charge in [-0.1, -0.05) is 12.8 Å². The Morgan fingerprint density at radius 1 is 1.13 bits per heavy atom. The first-order valence-electron chi connectivity index (χ1n) is 11.5. The van der Waals surface area contributed by atoms with E-state index >= 15 is 0 Å². The molecule has 2 saturated heterocycles. The van der Waals surface area contributed by atoms with Gasteiger partial charge in [0, 0.05) is 32.6 Å². The number of carbonyl (C=O) groups is 1. The lowest BCUT2D eigenvalue weighted by Crippen LogP contribution is -2.40. The minimum absolute atomic E-state index is 0.218. The predicted molar refractivity (Wildman–Crippen MR) is 122 cm³/mol.